The molecule has 3 nitrogen and oxygen atoms in total. The van der Waals surface area contributed by atoms with Gasteiger partial charge in [0.25, 0.3) is 5.91 Å². The normalized spacial score (nSPS) is 18.9. The SMILES string of the molecule is CCCC1CCN(C(=O)c2c(F)ccc(N)c2F)C1. The van der Waals surface area contributed by atoms with Gasteiger partial charge in [-0.05, 0) is 30.9 Å². The van der Waals surface area contributed by atoms with Gasteiger partial charge >= 0.3 is 0 Å². The summed E-state index contributed by atoms with van der Waals surface area (Å²) in [6.07, 6.45) is 2.98. The first kappa shape index (κ1) is 13.8. The summed E-state index contributed by atoms with van der Waals surface area (Å²) in [5, 5.41) is 0. The van der Waals surface area contributed by atoms with Gasteiger partial charge in [0.15, 0.2) is 5.82 Å². The number of hydrogen-bond acceptors (Lipinski definition) is 2. The second kappa shape index (κ2) is 5.55. The van der Waals surface area contributed by atoms with Crippen molar-refractivity contribution in [2.75, 3.05) is 18.8 Å². The lowest BCUT2D eigenvalue weighted by atomic mass is 10.0. The molecule has 1 heterocycles. The fraction of sp³-hybridized carbons (Fsp3) is 0.500. The number of benzene rings is 1. The van der Waals surface area contributed by atoms with Crippen LogP contribution < -0.4 is 5.73 Å². The molecule has 0 saturated carbocycles. The van der Waals surface area contributed by atoms with Gasteiger partial charge in [-0.25, -0.2) is 8.78 Å². The molecular formula is C14H18F2N2O. The highest BCUT2D eigenvalue weighted by Gasteiger charge is 2.30. The van der Waals surface area contributed by atoms with Crippen LogP contribution in [0.15, 0.2) is 12.1 Å². The summed E-state index contributed by atoms with van der Waals surface area (Å²) in [6, 6.07) is 2.16. The second-order valence-corrected chi connectivity index (χ2v) is 5.02. The number of carbonyl (C=O) groups is 1. The molecule has 5 heteroatoms. The van der Waals surface area contributed by atoms with Crippen molar-refractivity contribution in [3.63, 3.8) is 0 Å². The van der Waals surface area contributed by atoms with Crippen molar-refractivity contribution in [2.24, 2.45) is 5.92 Å². The van der Waals surface area contributed by atoms with Crippen molar-refractivity contribution in [1.29, 1.82) is 0 Å². The first-order valence-electron chi connectivity index (χ1n) is 6.57. The van der Waals surface area contributed by atoms with Gasteiger partial charge in [-0.3, -0.25) is 4.79 Å². The third-order valence-electron chi connectivity index (χ3n) is 3.60. The van der Waals surface area contributed by atoms with E-state index >= 15 is 0 Å². The van der Waals surface area contributed by atoms with Crippen LogP contribution in [-0.4, -0.2) is 23.9 Å². The summed E-state index contributed by atoms with van der Waals surface area (Å²) in [7, 11) is 0. The number of halogens is 2. The van der Waals surface area contributed by atoms with E-state index in [1.807, 2.05) is 0 Å². The monoisotopic (exact) mass is 268 g/mol. The van der Waals surface area contributed by atoms with Gasteiger partial charge in [0.2, 0.25) is 0 Å². The third kappa shape index (κ3) is 2.69. The summed E-state index contributed by atoms with van der Waals surface area (Å²) in [5.74, 6) is -1.97. The van der Waals surface area contributed by atoms with Gasteiger partial charge in [0.1, 0.15) is 11.4 Å². The minimum absolute atomic E-state index is 0.200. The molecule has 1 aliphatic rings. The van der Waals surface area contributed by atoms with Crippen LogP contribution in [0.4, 0.5) is 14.5 Å². The molecule has 1 aromatic rings. The predicted molar refractivity (Wildman–Crippen MR) is 69.7 cm³/mol. The molecular weight excluding hydrogens is 250 g/mol. The van der Waals surface area contributed by atoms with E-state index in [0.29, 0.717) is 19.0 Å². The molecule has 0 aromatic heterocycles. The summed E-state index contributed by atoms with van der Waals surface area (Å²) < 4.78 is 27.4. The Morgan fingerprint density at radius 2 is 2.21 bits per heavy atom. The van der Waals surface area contributed by atoms with Crippen molar-refractivity contribution >= 4 is 11.6 Å². The minimum Gasteiger partial charge on any atom is -0.396 e. The Bertz CT molecular complexity index is 491. The molecule has 1 aromatic carbocycles. The molecule has 1 aliphatic heterocycles. The molecule has 0 bridgehead atoms. The summed E-state index contributed by atoms with van der Waals surface area (Å²) in [5.41, 5.74) is 4.66. The van der Waals surface area contributed by atoms with E-state index in [2.05, 4.69) is 6.92 Å². The van der Waals surface area contributed by atoms with E-state index in [1.165, 1.54) is 4.90 Å². The lowest BCUT2D eigenvalue weighted by Crippen LogP contribution is -2.30. The van der Waals surface area contributed by atoms with E-state index in [1.54, 1.807) is 0 Å². The Morgan fingerprint density at radius 3 is 2.89 bits per heavy atom. The number of nitrogens with two attached hydrogens (primary N) is 1. The van der Waals surface area contributed by atoms with Crippen molar-refractivity contribution in [3.05, 3.63) is 29.3 Å². The van der Waals surface area contributed by atoms with Crippen molar-refractivity contribution < 1.29 is 13.6 Å². The third-order valence-corrected chi connectivity index (χ3v) is 3.60. The summed E-state index contributed by atoms with van der Waals surface area (Å²) in [6.45, 7) is 3.21. The van der Waals surface area contributed by atoms with Crippen LogP contribution in [0.5, 0.6) is 0 Å². The fourth-order valence-electron chi connectivity index (χ4n) is 2.58. The highest BCUT2D eigenvalue weighted by atomic mass is 19.1. The predicted octanol–water partition coefficient (Wildman–Crippen LogP) is 2.81. The number of rotatable bonds is 3. The van der Waals surface area contributed by atoms with E-state index in [0.717, 1.165) is 31.4 Å². The fourth-order valence-corrected chi connectivity index (χ4v) is 2.58. The molecule has 1 saturated heterocycles. The van der Waals surface area contributed by atoms with E-state index in [9.17, 15) is 13.6 Å². The van der Waals surface area contributed by atoms with Crippen molar-refractivity contribution in [1.82, 2.24) is 4.90 Å². The van der Waals surface area contributed by atoms with Gasteiger partial charge in [-0.2, -0.15) is 0 Å². The molecule has 0 spiro atoms. The first-order chi connectivity index (χ1) is 9.04. The van der Waals surface area contributed by atoms with E-state index in [-0.39, 0.29) is 5.69 Å². The van der Waals surface area contributed by atoms with Gasteiger partial charge < -0.3 is 10.6 Å². The highest BCUT2D eigenvalue weighted by Crippen LogP contribution is 2.25. The average Bonchev–Trinajstić information content (AvgIpc) is 2.83. The Balaban J connectivity index is 2.19. The van der Waals surface area contributed by atoms with Crippen LogP contribution in [0, 0.1) is 17.6 Å². The summed E-state index contributed by atoms with van der Waals surface area (Å²) >= 11 is 0. The minimum atomic E-state index is -0.955. The maximum absolute atomic E-state index is 13.8. The largest absolute Gasteiger partial charge is 0.396 e. The molecule has 1 fully saturated rings. The topological polar surface area (TPSA) is 46.3 Å². The Hall–Kier alpha value is -1.65. The molecule has 1 unspecified atom stereocenters. The number of likely N-dealkylation sites (tertiary alicyclic amines) is 1. The first-order valence-corrected chi connectivity index (χ1v) is 6.57. The van der Waals surface area contributed by atoms with Crippen molar-refractivity contribution in [3.8, 4) is 0 Å². The quantitative estimate of drug-likeness (QED) is 0.857. The molecule has 2 N–H and O–H groups in total. The number of nitrogen functional groups attached to an aromatic ring is 1. The van der Waals surface area contributed by atoms with Crippen LogP contribution >= 0.6 is 0 Å². The smallest absolute Gasteiger partial charge is 0.259 e. The lowest BCUT2D eigenvalue weighted by Gasteiger charge is -2.17. The van der Waals surface area contributed by atoms with E-state index < -0.39 is 23.1 Å². The van der Waals surface area contributed by atoms with Crippen LogP contribution in [-0.2, 0) is 0 Å². The van der Waals surface area contributed by atoms with Gasteiger partial charge in [0, 0.05) is 13.1 Å². The van der Waals surface area contributed by atoms with E-state index in [4.69, 9.17) is 5.73 Å². The van der Waals surface area contributed by atoms with Gasteiger partial charge in [0.05, 0.1) is 5.69 Å². The van der Waals surface area contributed by atoms with Gasteiger partial charge in [-0.15, -0.1) is 0 Å². The average molecular weight is 268 g/mol. The maximum atomic E-state index is 13.8. The molecule has 0 aliphatic carbocycles. The van der Waals surface area contributed by atoms with Crippen molar-refractivity contribution in [2.45, 2.75) is 26.2 Å². The zero-order valence-corrected chi connectivity index (χ0v) is 11.0. The molecule has 19 heavy (non-hydrogen) atoms. The van der Waals surface area contributed by atoms with Crippen LogP contribution in [0.25, 0.3) is 0 Å². The number of carbonyl (C=O) groups excluding carboxylic acids is 1. The zero-order chi connectivity index (χ0) is 14.0. The lowest BCUT2D eigenvalue weighted by molar-refractivity contribution is 0.0777. The molecule has 0 radical (unpaired) electrons. The molecule has 1 amide bonds. The maximum Gasteiger partial charge on any atom is 0.259 e. The Labute approximate surface area is 111 Å². The summed E-state index contributed by atoms with van der Waals surface area (Å²) in [4.78, 5) is 13.7. The second-order valence-electron chi connectivity index (χ2n) is 5.02. The number of nitrogens with zero attached hydrogens (tertiary/aromatic N) is 1. The number of amides is 1. The molecule has 2 rings (SSSR count). The van der Waals surface area contributed by atoms with Crippen LogP contribution in [0.3, 0.4) is 0 Å². The van der Waals surface area contributed by atoms with Crippen LogP contribution in [0.1, 0.15) is 36.5 Å². The Morgan fingerprint density at radius 1 is 1.47 bits per heavy atom. The number of hydrogen-bond donors (Lipinski definition) is 1. The highest BCUT2D eigenvalue weighted by molar-refractivity contribution is 5.95. The Kier molecular flexibility index (Phi) is 4.02. The van der Waals surface area contributed by atoms with Gasteiger partial charge in [-0.1, -0.05) is 13.3 Å². The van der Waals surface area contributed by atoms with Crippen LogP contribution in [0.2, 0.25) is 0 Å². The molecule has 104 valence electrons. The standard InChI is InChI=1S/C14H18F2N2O/c1-2-3-9-6-7-18(8-9)14(19)12-10(15)4-5-11(17)13(12)16/h4-5,9H,2-3,6-8,17H2,1H3. The number of anilines is 1. The zero-order valence-electron chi connectivity index (χ0n) is 11.0. The molecule has 1 atom stereocenters.